The molecule has 1 aliphatic rings. The monoisotopic (exact) mass is 459 g/mol. The van der Waals surface area contributed by atoms with E-state index >= 15 is 0 Å². The number of rotatable bonds is 6. The number of hydrogen-bond donors (Lipinski definition) is 0. The third-order valence-corrected chi connectivity index (χ3v) is 6.06. The highest BCUT2D eigenvalue weighted by atomic mass is 19.4. The minimum Gasteiger partial charge on any atom is -0.633 e. The lowest BCUT2D eigenvalue weighted by molar-refractivity contribution is -0.899. The van der Waals surface area contributed by atoms with Crippen LogP contribution < -0.4 is 0 Å². The number of quaternary nitrogens is 1. The van der Waals surface area contributed by atoms with Gasteiger partial charge in [0.15, 0.2) is 5.78 Å². The summed E-state index contributed by atoms with van der Waals surface area (Å²) in [6, 6.07) is 11.7. The van der Waals surface area contributed by atoms with Gasteiger partial charge in [0.2, 0.25) is 5.82 Å². The predicted octanol–water partition coefficient (Wildman–Crippen LogP) is 4.49. The molecule has 1 aromatic heterocycles. The molecule has 3 aromatic rings. The Balaban J connectivity index is 1.35. The first-order valence-electron chi connectivity index (χ1n) is 10.8. The first kappa shape index (κ1) is 23.1. The molecule has 0 saturated carbocycles. The van der Waals surface area contributed by atoms with Crippen molar-refractivity contribution in [3.8, 4) is 11.4 Å². The summed E-state index contributed by atoms with van der Waals surface area (Å²) in [5, 5.41) is 25.4. The van der Waals surface area contributed by atoms with E-state index in [1.54, 1.807) is 0 Å². The van der Waals surface area contributed by atoms with E-state index in [1.807, 2.05) is 31.2 Å². The van der Waals surface area contributed by atoms with Crippen molar-refractivity contribution in [2.24, 2.45) is 5.92 Å². The Hall–Kier alpha value is -3.11. The molecule has 0 unspecified atom stereocenters. The van der Waals surface area contributed by atoms with Gasteiger partial charge in [-0.1, -0.05) is 36.4 Å². The second kappa shape index (κ2) is 9.03. The number of carbonyl (C=O) groups is 1. The Kier molecular flexibility index (Phi) is 6.31. The van der Waals surface area contributed by atoms with Crippen molar-refractivity contribution in [3.05, 3.63) is 70.4 Å². The molecule has 0 radical (unpaired) electrons. The van der Waals surface area contributed by atoms with Gasteiger partial charge in [-0.25, -0.2) is 0 Å². The largest absolute Gasteiger partial charge is 0.633 e. The van der Waals surface area contributed by atoms with Crippen LogP contribution in [0.1, 0.15) is 41.3 Å². The van der Waals surface area contributed by atoms with Crippen molar-refractivity contribution < 1.29 is 22.6 Å². The Morgan fingerprint density at radius 1 is 1.09 bits per heavy atom. The number of likely N-dealkylation sites (tertiary alicyclic amines) is 1. The second-order valence-corrected chi connectivity index (χ2v) is 8.38. The first-order chi connectivity index (χ1) is 15.7. The van der Waals surface area contributed by atoms with Crippen LogP contribution in [0.3, 0.4) is 0 Å². The number of carbonyl (C=O) groups excluding carboxylic acids is 1. The van der Waals surface area contributed by atoms with E-state index in [0.29, 0.717) is 25.2 Å². The zero-order valence-electron chi connectivity index (χ0n) is 18.1. The van der Waals surface area contributed by atoms with Crippen LogP contribution in [0.25, 0.3) is 11.4 Å². The molecule has 10 heteroatoms. The normalized spacial score (nSPS) is 21.2. The van der Waals surface area contributed by atoms with Crippen LogP contribution in [0.5, 0.6) is 0 Å². The number of ketones is 1. The number of Topliss-reactive ketones (excluding diaryl/α,β-unsaturated/α-hetero) is 1. The van der Waals surface area contributed by atoms with Gasteiger partial charge in [-0.15, -0.1) is 10.2 Å². The molecule has 1 saturated heterocycles. The molecule has 0 atom stereocenters. The Labute approximate surface area is 189 Å². The number of tetrazole rings is 1. The van der Waals surface area contributed by atoms with Gasteiger partial charge >= 0.3 is 6.18 Å². The lowest BCUT2D eigenvalue weighted by Gasteiger charge is -2.47. The number of hydrogen-bond acceptors (Lipinski definition) is 5. The van der Waals surface area contributed by atoms with E-state index in [0.717, 1.165) is 23.3 Å². The molecule has 33 heavy (non-hydrogen) atoms. The molecule has 7 nitrogen and oxygen atoms in total. The SMILES string of the molecule is CCn1nnc(-c2ccc(C[N+]3([O-])CCC(C(=O)c4ccc(C(F)(F)F)cc4)CC3)cc2)n1. The number of aromatic nitrogens is 4. The van der Waals surface area contributed by atoms with Crippen LogP contribution in [-0.4, -0.2) is 43.7 Å². The maximum Gasteiger partial charge on any atom is 0.416 e. The molecular weight excluding hydrogens is 435 g/mol. The van der Waals surface area contributed by atoms with Gasteiger partial charge in [-0.05, 0) is 24.3 Å². The van der Waals surface area contributed by atoms with Gasteiger partial charge in [0.1, 0.15) is 6.54 Å². The summed E-state index contributed by atoms with van der Waals surface area (Å²) < 4.78 is 37.8. The number of piperidine rings is 1. The maximum absolute atomic E-state index is 13.2. The molecule has 2 aromatic carbocycles. The molecule has 0 N–H and O–H groups in total. The van der Waals surface area contributed by atoms with Crippen LogP contribution in [-0.2, 0) is 19.3 Å². The smallest absolute Gasteiger partial charge is 0.416 e. The predicted molar refractivity (Wildman–Crippen MR) is 114 cm³/mol. The van der Waals surface area contributed by atoms with Crippen molar-refractivity contribution in [3.63, 3.8) is 0 Å². The number of aryl methyl sites for hydroxylation is 1. The summed E-state index contributed by atoms with van der Waals surface area (Å²) >= 11 is 0. The fourth-order valence-corrected chi connectivity index (χ4v) is 4.10. The van der Waals surface area contributed by atoms with Crippen LogP contribution >= 0.6 is 0 Å². The fourth-order valence-electron chi connectivity index (χ4n) is 4.10. The van der Waals surface area contributed by atoms with Gasteiger partial charge in [0.25, 0.3) is 0 Å². The van der Waals surface area contributed by atoms with Crippen molar-refractivity contribution in [2.45, 2.75) is 39.0 Å². The molecule has 2 heterocycles. The molecule has 0 amide bonds. The maximum atomic E-state index is 13.2. The molecule has 174 valence electrons. The van der Waals surface area contributed by atoms with Crippen LogP contribution in [0.4, 0.5) is 13.2 Å². The summed E-state index contributed by atoms with van der Waals surface area (Å²) in [5.41, 5.74) is 1.17. The summed E-state index contributed by atoms with van der Waals surface area (Å²) in [6.07, 6.45) is -3.62. The van der Waals surface area contributed by atoms with Crippen LogP contribution in [0.15, 0.2) is 48.5 Å². The van der Waals surface area contributed by atoms with Gasteiger partial charge in [-0.2, -0.15) is 18.0 Å². The lowest BCUT2D eigenvalue weighted by Crippen LogP contribution is -2.48. The van der Waals surface area contributed by atoms with Crippen molar-refractivity contribution in [1.82, 2.24) is 20.2 Å². The van der Waals surface area contributed by atoms with Crippen LogP contribution in [0.2, 0.25) is 0 Å². The van der Waals surface area contributed by atoms with E-state index in [-0.39, 0.29) is 36.9 Å². The van der Waals surface area contributed by atoms with Crippen molar-refractivity contribution in [1.29, 1.82) is 0 Å². The summed E-state index contributed by atoms with van der Waals surface area (Å²) in [4.78, 5) is 14.2. The van der Waals surface area contributed by atoms with Crippen LogP contribution in [0, 0.1) is 11.1 Å². The number of nitrogens with zero attached hydrogens (tertiary/aromatic N) is 5. The highest BCUT2D eigenvalue weighted by Gasteiger charge is 2.33. The highest BCUT2D eigenvalue weighted by molar-refractivity contribution is 5.97. The molecule has 1 fully saturated rings. The van der Waals surface area contributed by atoms with Gasteiger partial charge < -0.3 is 9.85 Å². The quantitative estimate of drug-likeness (QED) is 0.308. The Morgan fingerprint density at radius 2 is 1.73 bits per heavy atom. The molecule has 1 aliphatic heterocycles. The van der Waals surface area contributed by atoms with E-state index in [4.69, 9.17) is 0 Å². The molecule has 0 bridgehead atoms. The third kappa shape index (κ3) is 5.28. The highest BCUT2D eigenvalue weighted by Crippen LogP contribution is 2.31. The minimum absolute atomic E-state index is 0.202. The summed E-state index contributed by atoms with van der Waals surface area (Å²) in [5.74, 6) is -0.0273. The molecule has 4 rings (SSSR count). The topological polar surface area (TPSA) is 83.7 Å². The number of hydroxylamine groups is 3. The van der Waals surface area contributed by atoms with E-state index < -0.39 is 16.4 Å². The Morgan fingerprint density at radius 3 is 2.27 bits per heavy atom. The minimum atomic E-state index is -4.44. The van der Waals surface area contributed by atoms with E-state index in [9.17, 15) is 23.2 Å². The first-order valence-corrected chi connectivity index (χ1v) is 10.8. The van der Waals surface area contributed by atoms with E-state index in [1.165, 1.54) is 16.9 Å². The van der Waals surface area contributed by atoms with E-state index in [2.05, 4.69) is 15.4 Å². The van der Waals surface area contributed by atoms with Gasteiger partial charge in [0.05, 0.1) is 25.2 Å². The molecule has 0 spiro atoms. The fraction of sp³-hybridized carbons (Fsp3) is 0.391. The number of halogens is 3. The standard InChI is InChI=1S/C23H24F3N5O2/c1-2-30-28-22(27-29-30)19-5-3-16(4-6-19)15-31(33)13-11-18(12-14-31)21(32)17-7-9-20(10-8-17)23(24,25)26/h3-10,18H,2,11-15H2,1H3. The molecular formula is C23H24F3N5O2. The summed E-state index contributed by atoms with van der Waals surface area (Å²) in [7, 11) is 0. The Bertz CT molecular complexity index is 1100. The average Bonchev–Trinajstić information content (AvgIpc) is 3.28. The average molecular weight is 459 g/mol. The van der Waals surface area contributed by atoms with Crippen molar-refractivity contribution >= 4 is 5.78 Å². The molecule has 0 aliphatic carbocycles. The third-order valence-electron chi connectivity index (χ3n) is 6.06. The van der Waals surface area contributed by atoms with Gasteiger partial charge in [0, 0.05) is 35.4 Å². The lowest BCUT2D eigenvalue weighted by atomic mass is 9.88. The zero-order valence-corrected chi connectivity index (χ0v) is 18.1. The zero-order chi connectivity index (χ0) is 23.6. The van der Waals surface area contributed by atoms with Gasteiger partial charge in [-0.3, -0.25) is 4.79 Å². The summed E-state index contributed by atoms with van der Waals surface area (Å²) in [6.45, 7) is 3.41. The van der Waals surface area contributed by atoms with Crippen molar-refractivity contribution in [2.75, 3.05) is 13.1 Å². The second-order valence-electron chi connectivity index (χ2n) is 8.38. The number of benzene rings is 2. The number of alkyl halides is 3.